The average Bonchev–Trinajstić information content (AvgIpc) is 1.84. The van der Waals surface area contributed by atoms with E-state index in [0.29, 0.717) is 24.5 Å². The number of Topliss-reactive ketones (excluding diaryl/α,β-unsaturated/α-hetero) is 1. The summed E-state index contributed by atoms with van der Waals surface area (Å²) in [5.41, 5.74) is 0.570. The Kier molecular flexibility index (Phi) is 5.49. The molecule has 0 aromatic rings. The van der Waals surface area contributed by atoms with E-state index in [1.165, 1.54) is 0 Å². The lowest BCUT2D eigenvalue weighted by Crippen LogP contribution is -2.09. The zero-order valence-corrected chi connectivity index (χ0v) is 10.1. The number of rotatable bonds is 5. The number of carbonyl (C=O) groups excluding carboxylic acids is 1. The van der Waals surface area contributed by atoms with Crippen molar-refractivity contribution in [1.82, 2.24) is 0 Å². The molecule has 0 rings (SSSR count). The van der Waals surface area contributed by atoms with E-state index in [-0.39, 0.29) is 5.78 Å². The normalized spacial score (nSPS) is 11.3. The molecule has 0 amide bonds. The highest BCUT2D eigenvalue weighted by atomic mass is 35.8. The van der Waals surface area contributed by atoms with E-state index >= 15 is 0 Å². The molecule has 0 radical (unpaired) electrons. The molecular formula is C7H11Cl3OSi. The minimum absolute atomic E-state index is 0.0539. The van der Waals surface area contributed by atoms with Crippen molar-refractivity contribution in [1.29, 1.82) is 0 Å². The Labute approximate surface area is 87.8 Å². The molecule has 0 saturated heterocycles. The van der Waals surface area contributed by atoms with Crippen LogP contribution in [0.1, 0.15) is 19.8 Å². The standard InChI is InChI=1S/C7H11Cl3OSi/c1-6(2)7(11)4-3-5-12(8,9)10/h1,3-5H2,2H3. The van der Waals surface area contributed by atoms with E-state index < -0.39 is 6.00 Å². The first-order valence-corrected chi connectivity index (χ1v) is 8.82. The zero-order valence-electron chi connectivity index (χ0n) is 6.87. The van der Waals surface area contributed by atoms with Crippen LogP contribution >= 0.6 is 33.2 Å². The van der Waals surface area contributed by atoms with Crippen LogP contribution in [0.5, 0.6) is 0 Å². The second-order valence-corrected chi connectivity index (χ2v) is 12.0. The second kappa shape index (κ2) is 5.27. The van der Waals surface area contributed by atoms with Crippen LogP contribution in [0.4, 0.5) is 0 Å². The predicted molar refractivity (Wildman–Crippen MR) is 57.2 cm³/mol. The highest BCUT2D eigenvalue weighted by molar-refractivity contribution is 7.64. The number of halogens is 3. The Hall–Kier alpha value is 0.497. The van der Waals surface area contributed by atoms with Crippen LogP contribution in [0.25, 0.3) is 0 Å². The second-order valence-electron chi connectivity index (χ2n) is 2.67. The molecule has 0 atom stereocenters. The van der Waals surface area contributed by atoms with Crippen molar-refractivity contribution in [3.05, 3.63) is 12.2 Å². The van der Waals surface area contributed by atoms with E-state index in [9.17, 15) is 4.79 Å². The molecule has 0 saturated carbocycles. The van der Waals surface area contributed by atoms with E-state index in [4.69, 9.17) is 33.2 Å². The SMILES string of the molecule is C=C(C)C(=O)CCC[Si](Cl)(Cl)Cl. The van der Waals surface area contributed by atoms with Gasteiger partial charge in [0, 0.05) is 6.42 Å². The Morgan fingerprint density at radius 1 is 1.42 bits per heavy atom. The van der Waals surface area contributed by atoms with Gasteiger partial charge in [0.25, 0.3) is 0 Å². The maximum Gasteiger partial charge on any atom is 0.341 e. The van der Waals surface area contributed by atoms with Gasteiger partial charge in [0.15, 0.2) is 5.78 Å². The number of hydrogen-bond acceptors (Lipinski definition) is 1. The third-order valence-corrected chi connectivity index (χ3v) is 3.96. The Bertz CT molecular complexity index is 186. The van der Waals surface area contributed by atoms with Crippen molar-refractivity contribution in [2.75, 3.05) is 0 Å². The zero-order chi connectivity index (χ0) is 9.78. The van der Waals surface area contributed by atoms with Gasteiger partial charge in [-0.2, -0.15) is 0 Å². The molecule has 0 aromatic carbocycles. The molecule has 0 aliphatic carbocycles. The molecule has 5 heteroatoms. The minimum Gasteiger partial charge on any atom is -0.295 e. The number of allylic oxidation sites excluding steroid dienone is 1. The number of ketones is 1. The largest absolute Gasteiger partial charge is 0.341 e. The highest BCUT2D eigenvalue weighted by Crippen LogP contribution is 2.27. The molecule has 0 spiro atoms. The highest BCUT2D eigenvalue weighted by Gasteiger charge is 2.24. The maximum atomic E-state index is 11.0. The summed E-state index contributed by atoms with van der Waals surface area (Å²) in [4.78, 5) is 11.0. The van der Waals surface area contributed by atoms with Gasteiger partial charge in [-0.15, -0.1) is 33.2 Å². The lowest BCUT2D eigenvalue weighted by atomic mass is 10.1. The summed E-state index contributed by atoms with van der Waals surface area (Å²) >= 11 is 16.9. The van der Waals surface area contributed by atoms with Gasteiger partial charge in [-0.05, 0) is 25.0 Å². The molecule has 1 nitrogen and oxygen atoms in total. The molecule has 0 heterocycles. The summed E-state index contributed by atoms with van der Waals surface area (Å²) in [6, 6.07) is -1.99. The molecular weight excluding hydrogens is 235 g/mol. The van der Waals surface area contributed by atoms with Gasteiger partial charge in [-0.3, -0.25) is 4.79 Å². The predicted octanol–water partition coefficient (Wildman–Crippen LogP) is 3.57. The molecule has 0 aromatic heterocycles. The summed E-state index contributed by atoms with van der Waals surface area (Å²) < 4.78 is 0. The van der Waals surface area contributed by atoms with Crippen molar-refractivity contribution in [2.45, 2.75) is 25.8 Å². The smallest absolute Gasteiger partial charge is 0.295 e. The average molecular weight is 246 g/mol. The van der Waals surface area contributed by atoms with Gasteiger partial charge in [0.2, 0.25) is 0 Å². The fraction of sp³-hybridized carbons (Fsp3) is 0.571. The summed E-state index contributed by atoms with van der Waals surface area (Å²) in [6.45, 7) is 5.22. The van der Waals surface area contributed by atoms with Crippen molar-refractivity contribution in [3.63, 3.8) is 0 Å². The molecule has 0 aliphatic heterocycles. The monoisotopic (exact) mass is 244 g/mol. The number of carbonyl (C=O) groups is 1. The van der Waals surface area contributed by atoms with Gasteiger partial charge in [-0.25, -0.2) is 0 Å². The van der Waals surface area contributed by atoms with Gasteiger partial charge in [-0.1, -0.05) is 6.58 Å². The summed E-state index contributed by atoms with van der Waals surface area (Å²) in [5, 5.41) is 0. The van der Waals surface area contributed by atoms with E-state index in [0.717, 1.165) is 0 Å². The Morgan fingerprint density at radius 2 is 1.92 bits per heavy atom. The first-order valence-electron chi connectivity index (χ1n) is 3.58. The van der Waals surface area contributed by atoms with Crippen molar-refractivity contribution >= 4 is 45.0 Å². The fourth-order valence-corrected chi connectivity index (χ4v) is 2.44. The van der Waals surface area contributed by atoms with E-state index in [2.05, 4.69) is 6.58 Å². The third kappa shape index (κ3) is 7.16. The van der Waals surface area contributed by atoms with Gasteiger partial charge in [0.1, 0.15) is 0 Å². The van der Waals surface area contributed by atoms with Crippen LogP contribution in [0.2, 0.25) is 6.04 Å². The first-order chi connectivity index (χ1) is 5.33. The van der Waals surface area contributed by atoms with Crippen molar-refractivity contribution in [3.8, 4) is 0 Å². The van der Waals surface area contributed by atoms with Gasteiger partial charge >= 0.3 is 6.00 Å². The lowest BCUT2D eigenvalue weighted by Gasteiger charge is -2.05. The Morgan fingerprint density at radius 3 is 2.25 bits per heavy atom. The fourth-order valence-electron chi connectivity index (χ4n) is 0.663. The summed E-state index contributed by atoms with van der Waals surface area (Å²) in [7, 11) is 0. The quantitative estimate of drug-likeness (QED) is 0.411. The number of hydrogen-bond donors (Lipinski definition) is 0. The maximum absolute atomic E-state index is 11.0. The van der Waals surface area contributed by atoms with Gasteiger partial charge < -0.3 is 0 Å². The topological polar surface area (TPSA) is 17.1 Å². The van der Waals surface area contributed by atoms with Crippen LogP contribution < -0.4 is 0 Å². The van der Waals surface area contributed by atoms with Crippen LogP contribution in [0.3, 0.4) is 0 Å². The lowest BCUT2D eigenvalue weighted by molar-refractivity contribution is -0.115. The molecule has 0 N–H and O–H groups in total. The minimum atomic E-state index is -2.52. The van der Waals surface area contributed by atoms with E-state index in [1.807, 2.05) is 0 Å². The van der Waals surface area contributed by atoms with Crippen molar-refractivity contribution < 1.29 is 4.79 Å². The van der Waals surface area contributed by atoms with Gasteiger partial charge in [0.05, 0.1) is 0 Å². The molecule has 0 aliphatic rings. The van der Waals surface area contributed by atoms with Crippen LogP contribution in [0.15, 0.2) is 12.2 Å². The van der Waals surface area contributed by atoms with Crippen LogP contribution in [-0.4, -0.2) is 11.8 Å². The Balaban J connectivity index is 3.58. The summed E-state index contributed by atoms with van der Waals surface area (Å²) in [6.07, 6.45) is 1.09. The summed E-state index contributed by atoms with van der Waals surface area (Å²) in [5.74, 6) is 0.0539. The van der Waals surface area contributed by atoms with Crippen LogP contribution in [0, 0.1) is 0 Å². The van der Waals surface area contributed by atoms with Crippen molar-refractivity contribution in [2.24, 2.45) is 0 Å². The third-order valence-electron chi connectivity index (χ3n) is 1.34. The molecule has 0 fully saturated rings. The molecule has 0 bridgehead atoms. The molecule has 0 unspecified atom stereocenters. The first kappa shape index (κ1) is 12.5. The van der Waals surface area contributed by atoms with Crippen LogP contribution in [-0.2, 0) is 4.79 Å². The van der Waals surface area contributed by atoms with E-state index in [1.54, 1.807) is 6.92 Å². The molecule has 12 heavy (non-hydrogen) atoms. The molecule has 70 valence electrons.